The van der Waals surface area contributed by atoms with Gasteiger partial charge in [0.05, 0.1) is 4.47 Å². The average Bonchev–Trinajstić information content (AvgIpc) is 2.32. The van der Waals surface area contributed by atoms with Gasteiger partial charge in [-0.25, -0.2) is 4.98 Å². The smallest absolute Gasteiger partial charge is 0.224 e. The lowest BCUT2D eigenvalue weighted by Gasteiger charge is -2.12. The van der Waals surface area contributed by atoms with Crippen LogP contribution in [0.5, 0.6) is 11.6 Å². The highest BCUT2D eigenvalue weighted by atomic mass is 79.9. The Kier molecular flexibility index (Phi) is 3.76. The lowest BCUT2D eigenvalue weighted by Crippen LogP contribution is -2.07. The van der Waals surface area contributed by atoms with E-state index in [9.17, 15) is 0 Å². The summed E-state index contributed by atoms with van der Waals surface area (Å²) in [5.41, 5.74) is 6.77. The van der Waals surface area contributed by atoms with E-state index in [2.05, 4.69) is 20.9 Å². The monoisotopic (exact) mass is 292 g/mol. The fraction of sp³-hybridized carbons (Fsp3) is 0.154. The van der Waals surface area contributed by atoms with Crippen LogP contribution in [0.2, 0.25) is 0 Å². The largest absolute Gasteiger partial charge is 0.437 e. The number of hydrogen-bond donors (Lipinski definition) is 1. The number of hydrogen-bond acceptors (Lipinski definition) is 3. The van der Waals surface area contributed by atoms with Crippen molar-refractivity contribution in [3.05, 3.63) is 52.6 Å². The molecule has 1 aromatic carbocycles. The van der Waals surface area contributed by atoms with Gasteiger partial charge in [-0.1, -0.05) is 18.2 Å². The molecule has 0 fully saturated rings. The Morgan fingerprint density at radius 2 is 2.00 bits per heavy atom. The molecule has 1 atom stereocenters. The fourth-order valence-electron chi connectivity index (χ4n) is 1.47. The molecule has 1 aromatic heterocycles. The molecule has 2 rings (SSSR count). The van der Waals surface area contributed by atoms with Crippen LogP contribution in [-0.2, 0) is 0 Å². The van der Waals surface area contributed by atoms with Crippen LogP contribution >= 0.6 is 15.9 Å². The van der Waals surface area contributed by atoms with Gasteiger partial charge in [-0.3, -0.25) is 0 Å². The topological polar surface area (TPSA) is 48.1 Å². The molecule has 0 saturated carbocycles. The van der Waals surface area contributed by atoms with Crippen LogP contribution in [0.25, 0.3) is 0 Å². The predicted molar refractivity (Wildman–Crippen MR) is 71.1 cm³/mol. The lowest BCUT2D eigenvalue weighted by molar-refractivity contribution is 0.449. The zero-order chi connectivity index (χ0) is 12.3. The second-order valence-electron chi connectivity index (χ2n) is 3.72. The van der Waals surface area contributed by atoms with Crippen LogP contribution < -0.4 is 10.5 Å². The van der Waals surface area contributed by atoms with Crippen LogP contribution in [0.15, 0.2) is 47.1 Å². The fourth-order valence-corrected chi connectivity index (χ4v) is 1.83. The van der Waals surface area contributed by atoms with Gasteiger partial charge >= 0.3 is 0 Å². The second kappa shape index (κ2) is 5.29. The van der Waals surface area contributed by atoms with Crippen LogP contribution in [0.3, 0.4) is 0 Å². The Hall–Kier alpha value is -1.39. The lowest BCUT2D eigenvalue weighted by atomic mass is 10.1. The van der Waals surface area contributed by atoms with E-state index in [1.165, 1.54) is 0 Å². The maximum absolute atomic E-state index is 5.87. The molecule has 0 bridgehead atoms. The van der Waals surface area contributed by atoms with E-state index in [1.807, 2.05) is 43.3 Å². The zero-order valence-electron chi connectivity index (χ0n) is 9.43. The van der Waals surface area contributed by atoms with Gasteiger partial charge in [-0.05, 0) is 41.1 Å². The molecule has 0 amide bonds. The number of aromatic nitrogens is 1. The van der Waals surface area contributed by atoms with E-state index in [0.717, 1.165) is 15.8 Å². The molecule has 0 aliphatic heterocycles. The van der Waals surface area contributed by atoms with Crippen molar-refractivity contribution in [1.82, 2.24) is 4.98 Å². The first-order valence-corrected chi connectivity index (χ1v) is 6.10. The summed E-state index contributed by atoms with van der Waals surface area (Å²) in [6.45, 7) is 1.91. The van der Waals surface area contributed by atoms with Crippen molar-refractivity contribution >= 4 is 15.9 Å². The van der Waals surface area contributed by atoms with E-state index in [4.69, 9.17) is 10.5 Å². The normalized spacial score (nSPS) is 12.2. The SMILES string of the molecule is C[C@H](N)c1cccnc1Oc1ccccc1Br. The molecule has 0 saturated heterocycles. The quantitative estimate of drug-likeness (QED) is 0.939. The summed E-state index contributed by atoms with van der Waals surface area (Å²) < 4.78 is 6.65. The van der Waals surface area contributed by atoms with Crippen molar-refractivity contribution in [3.63, 3.8) is 0 Å². The highest BCUT2D eigenvalue weighted by Gasteiger charge is 2.10. The van der Waals surface area contributed by atoms with Crippen LogP contribution in [-0.4, -0.2) is 4.98 Å². The number of benzene rings is 1. The van der Waals surface area contributed by atoms with E-state index in [0.29, 0.717) is 5.88 Å². The number of nitrogens with zero attached hydrogens (tertiary/aromatic N) is 1. The Balaban J connectivity index is 2.34. The molecule has 1 heterocycles. The van der Waals surface area contributed by atoms with Crippen molar-refractivity contribution in [2.24, 2.45) is 5.73 Å². The van der Waals surface area contributed by atoms with Gasteiger partial charge < -0.3 is 10.5 Å². The molecular formula is C13H13BrN2O. The summed E-state index contributed by atoms with van der Waals surface area (Å²) in [7, 11) is 0. The Bertz CT molecular complexity index is 514. The average molecular weight is 293 g/mol. The number of rotatable bonds is 3. The number of halogens is 1. The van der Waals surface area contributed by atoms with Gasteiger partial charge in [0.2, 0.25) is 5.88 Å². The molecule has 0 aliphatic rings. The Morgan fingerprint density at radius 3 is 2.71 bits per heavy atom. The molecule has 88 valence electrons. The van der Waals surface area contributed by atoms with Crippen LogP contribution in [0, 0.1) is 0 Å². The van der Waals surface area contributed by atoms with Gasteiger partial charge in [-0.2, -0.15) is 0 Å². The summed E-state index contributed by atoms with van der Waals surface area (Å²) in [4.78, 5) is 4.21. The van der Waals surface area contributed by atoms with Gasteiger partial charge in [0.15, 0.2) is 0 Å². The van der Waals surface area contributed by atoms with E-state index in [1.54, 1.807) is 6.20 Å². The molecule has 0 radical (unpaired) electrons. The molecule has 2 N–H and O–H groups in total. The summed E-state index contributed by atoms with van der Waals surface area (Å²) in [6.07, 6.45) is 1.69. The van der Waals surface area contributed by atoms with E-state index >= 15 is 0 Å². The first kappa shape index (κ1) is 12.1. The minimum absolute atomic E-state index is 0.110. The molecule has 0 unspecified atom stereocenters. The van der Waals surface area contributed by atoms with Gasteiger partial charge in [-0.15, -0.1) is 0 Å². The van der Waals surface area contributed by atoms with Gasteiger partial charge in [0, 0.05) is 17.8 Å². The number of para-hydroxylation sites is 1. The molecule has 3 nitrogen and oxygen atoms in total. The summed E-state index contributed by atoms with van der Waals surface area (Å²) in [5.74, 6) is 1.28. The van der Waals surface area contributed by atoms with E-state index < -0.39 is 0 Å². The predicted octanol–water partition coefficient (Wildman–Crippen LogP) is 3.66. The third-order valence-electron chi connectivity index (χ3n) is 2.33. The van der Waals surface area contributed by atoms with Crippen molar-refractivity contribution in [3.8, 4) is 11.6 Å². The van der Waals surface area contributed by atoms with Gasteiger partial charge in [0.1, 0.15) is 5.75 Å². The maximum atomic E-state index is 5.87. The third-order valence-corrected chi connectivity index (χ3v) is 2.99. The molecule has 4 heteroatoms. The molecular weight excluding hydrogens is 280 g/mol. The molecule has 17 heavy (non-hydrogen) atoms. The molecule has 2 aromatic rings. The first-order chi connectivity index (χ1) is 8.18. The van der Waals surface area contributed by atoms with Crippen molar-refractivity contribution < 1.29 is 4.74 Å². The van der Waals surface area contributed by atoms with E-state index in [-0.39, 0.29) is 6.04 Å². The Labute approximate surface area is 109 Å². The maximum Gasteiger partial charge on any atom is 0.224 e. The van der Waals surface area contributed by atoms with Gasteiger partial charge in [0.25, 0.3) is 0 Å². The number of ether oxygens (including phenoxy) is 1. The minimum Gasteiger partial charge on any atom is -0.437 e. The number of pyridine rings is 1. The van der Waals surface area contributed by atoms with Crippen molar-refractivity contribution in [2.45, 2.75) is 13.0 Å². The Morgan fingerprint density at radius 1 is 1.24 bits per heavy atom. The number of nitrogens with two attached hydrogens (primary N) is 1. The van der Waals surface area contributed by atoms with Crippen molar-refractivity contribution in [2.75, 3.05) is 0 Å². The molecule has 0 aliphatic carbocycles. The summed E-state index contributed by atoms with van der Waals surface area (Å²) in [6, 6.07) is 11.3. The van der Waals surface area contributed by atoms with Crippen molar-refractivity contribution in [1.29, 1.82) is 0 Å². The summed E-state index contributed by atoms with van der Waals surface area (Å²) >= 11 is 3.43. The standard InChI is InChI=1S/C13H13BrN2O/c1-9(15)10-5-4-8-16-13(10)17-12-7-3-2-6-11(12)14/h2-9H,15H2,1H3/t9-/m0/s1. The zero-order valence-corrected chi connectivity index (χ0v) is 11.0. The third kappa shape index (κ3) is 2.84. The van der Waals surface area contributed by atoms with Crippen LogP contribution in [0.1, 0.15) is 18.5 Å². The molecule has 0 spiro atoms. The second-order valence-corrected chi connectivity index (χ2v) is 4.57. The highest BCUT2D eigenvalue weighted by molar-refractivity contribution is 9.10. The minimum atomic E-state index is -0.110. The first-order valence-electron chi connectivity index (χ1n) is 5.31. The highest BCUT2D eigenvalue weighted by Crippen LogP contribution is 2.31. The van der Waals surface area contributed by atoms with Crippen LogP contribution in [0.4, 0.5) is 0 Å². The summed E-state index contributed by atoms with van der Waals surface area (Å²) in [5, 5.41) is 0.